The molecule has 4 heterocycles. The Morgan fingerprint density at radius 2 is 1.66 bits per heavy atom. The number of nitrogens with one attached hydrogen (secondary N) is 1. The van der Waals surface area contributed by atoms with Crippen molar-refractivity contribution in [2.75, 3.05) is 31.5 Å². The smallest absolute Gasteiger partial charge is 0.410 e. The molecule has 0 aliphatic carbocycles. The Bertz CT molecular complexity index is 1220. The van der Waals surface area contributed by atoms with Crippen molar-refractivity contribution in [1.29, 1.82) is 0 Å². The van der Waals surface area contributed by atoms with E-state index in [0.717, 1.165) is 4.68 Å². The zero-order valence-corrected chi connectivity index (χ0v) is 19.1. The zero-order chi connectivity index (χ0) is 24.7. The number of carbonyl (C=O) groups is 2. The summed E-state index contributed by atoms with van der Waals surface area (Å²) in [5.74, 6) is -0.479. The van der Waals surface area contributed by atoms with Crippen LogP contribution < -0.4 is 5.32 Å². The van der Waals surface area contributed by atoms with Gasteiger partial charge in [-0.15, -0.1) is 0 Å². The highest BCUT2D eigenvalue weighted by Gasteiger charge is 2.48. The van der Waals surface area contributed by atoms with E-state index in [1.165, 1.54) is 11.2 Å². The summed E-state index contributed by atoms with van der Waals surface area (Å²) in [4.78, 5) is 28.9. The maximum atomic E-state index is 13.9. The Morgan fingerprint density at radius 1 is 1.00 bits per heavy atom. The van der Waals surface area contributed by atoms with Crippen molar-refractivity contribution in [3.05, 3.63) is 70.8 Å². The first-order valence-electron chi connectivity index (χ1n) is 11.0. The van der Waals surface area contributed by atoms with E-state index >= 15 is 0 Å². The molecule has 184 valence electrons. The first-order valence-corrected chi connectivity index (χ1v) is 11.4. The van der Waals surface area contributed by atoms with Gasteiger partial charge >= 0.3 is 6.18 Å². The van der Waals surface area contributed by atoms with Crippen molar-refractivity contribution in [1.82, 2.24) is 19.6 Å². The van der Waals surface area contributed by atoms with E-state index < -0.39 is 24.2 Å². The molecule has 0 saturated carbocycles. The van der Waals surface area contributed by atoms with Crippen LogP contribution in [0, 0.1) is 0 Å². The van der Waals surface area contributed by atoms with Gasteiger partial charge in [-0.1, -0.05) is 29.8 Å². The molecular weight excluding hydrogens is 487 g/mol. The van der Waals surface area contributed by atoms with Crippen LogP contribution in [0.3, 0.4) is 0 Å². The molecule has 0 radical (unpaired) electrons. The fourth-order valence-corrected chi connectivity index (χ4v) is 4.69. The lowest BCUT2D eigenvalue weighted by Crippen LogP contribution is -2.50. The minimum absolute atomic E-state index is 0.0807. The fourth-order valence-electron chi connectivity index (χ4n) is 4.43. The van der Waals surface area contributed by atoms with Crippen molar-refractivity contribution in [2.45, 2.75) is 24.7 Å². The molecule has 2 aliphatic heterocycles. The molecule has 1 fully saturated rings. The molecule has 12 heteroatoms. The number of fused-ring (bicyclic) bond motifs is 1. The van der Waals surface area contributed by atoms with Gasteiger partial charge in [-0.25, -0.2) is 4.68 Å². The number of hydrogen-bond acceptors (Lipinski definition) is 5. The molecule has 8 nitrogen and oxygen atoms in total. The number of alkyl halides is 3. The summed E-state index contributed by atoms with van der Waals surface area (Å²) in [6, 6.07) is 9.20. The SMILES string of the molecule is O=C(c1ccccc1)N1CCN(C(=O)c2nn3c(c2Cl)N[C@H](c2ccco2)C[C@@H]3C(F)(F)F)CC1. The van der Waals surface area contributed by atoms with Crippen LogP contribution in [-0.2, 0) is 0 Å². The highest BCUT2D eigenvalue weighted by Crippen LogP contribution is 2.46. The topological polar surface area (TPSA) is 83.6 Å². The summed E-state index contributed by atoms with van der Waals surface area (Å²) in [5.41, 5.74) is 0.291. The number of aromatic nitrogens is 2. The van der Waals surface area contributed by atoms with Crippen molar-refractivity contribution in [2.24, 2.45) is 0 Å². The van der Waals surface area contributed by atoms with Gasteiger partial charge in [-0.3, -0.25) is 9.59 Å². The van der Waals surface area contributed by atoms with Crippen molar-refractivity contribution >= 4 is 29.2 Å². The second-order valence-corrected chi connectivity index (χ2v) is 8.79. The van der Waals surface area contributed by atoms with Crippen LogP contribution in [0.5, 0.6) is 0 Å². The van der Waals surface area contributed by atoms with Gasteiger partial charge in [-0.05, 0) is 24.3 Å². The average molecular weight is 508 g/mol. The standard InChI is InChI=1S/C23H21ClF3N5O3/c24-18-19(22(34)31-10-8-30(9-11-31)21(33)14-5-2-1-3-6-14)29-32-17(23(25,26)27)13-15(28-20(18)32)16-7-4-12-35-16/h1-7,12,15,17,28H,8-11,13H2/t15-,17+/m0/s1. The number of nitrogens with zero attached hydrogens (tertiary/aromatic N) is 4. The Hall–Kier alpha value is -3.47. The average Bonchev–Trinajstić information content (AvgIpc) is 3.51. The van der Waals surface area contributed by atoms with E-state index in [-0.39, 0.29) is 55.0 Å². The Morgan fingerprint density at radius 3 is 2.26 bits per heavy atom. The maximum Gasteiger partial charge on any atom is 0.410 e. The van der Waals surface area contributed by atoms with Crippen LogP contribution in [0.25, 0.3) is 0 Å². The van der Waals surface area contributed by atoms with Gasteiger partial charge in [0, 0.05) is 38.2 Å². The first kappa shape index (κ1) is 23.3. The summed E-state index contributed by atoms with van der Waals surface area (Å²) in [7, 11) is 0. The highest BCUT2D eigenvalue weighted by atomic mass is 35.5. The minimum atomic E-state index is -4.61. The highest BCUT2D eigenvalue weighted by molar-refractivity contribution is 6.36. The molecule has 0 unspecified atom stereocenters. The number of halogens is 4. The summed E-state index contributed by atoms with van der Waals surface area (Å²) in [6.45, 7) is 0.992. The summed E-state index contributed by atoms with van der Waals surface area (Å²) >= 11 is 6.40. The predicted molar refractivity (Wildman–Crippen MR) is 120 cm³/mol. The molecule has 2 aromatic heterocycles. The Balaban J connectivity index is 1.35. The van der Waals surface area contributed by atoms with Gasteiger partial charge < -0.3 is 19.5 Å². The van der Waals surface area contributed by atoms with Gasteiger partial charge in [0.05, 0.1) is 12.3 Å². The second-order valence-electron chi connectivity index (χ2n) is 8.41. The molecule has 0 bridgehead atoms. The van der Waals surface area contributed by atoms with E-state index in [2.05, 4.69) is 10.4 Å². The molecule has 1 N–H and O–H groups in total. The second kappa shape index (κ2) is 8.95. The van der Waals surface area contributed by atoms with Crippen LogP contribution in [0.1, 0.15) is 45.1 Å². The van der Waals surface area contributed by atoms with Crippen LogP contribution >= 0.6 is 11.6 Å². The lowest BCUT2D eigenvalue weighted by Gasteiger charge is -2.34. The van der Waals surface area contributed by atoms with E-state index in [4.69, 9.17) is 16.0 Å². The third-order valence-electron chi connectivity index (χ3n) is 6.26. The quantitative estimate of drug-likeness (QED) is 0.568. The van der Waals surface area contributed by atoms with E-state index in [9.17, 15) is 22.8 Å². The fraction of sp³-hybridized carbons (Fsp3) is 0.348. The van der Waals surface area contributed by atoms with Crippen molar-refractivity contribution < 1.29 is 27.2 Å². The van der Waals surface area contributed by atoms with Gasteiger partial charge in [0.15, 0.2) is 11.7 Å². The van der Waals surface area contributed by atoms with Gasteiger partial charge in [0.1, 0.15) is 16.6 Å². The molecule has 2 aliphatic rings. The minimum Gasteiger partial charge on any atom is -0.467 e. The monoisotopic (exact) mass is 507 g/mol. The molecule has 2 amide bonds. The number of carbonyl (C=O) groups excluding carboxylic acids is 2. The molecule has 5 rings (SSSR count). The Kier molecular flexibility index (Phi) is 5.96. The molecule has 35 heavy (non-hydrogen) atoms. The van der Waals surface area contributed by atoms with Crippen molar-refractivity contribution in [3.63, 3.8) is 0 Å². The van der Waals surface area contributed by atoms with E-state index in [0.29, 0.717) is 11.3 Å². The number of amides is 2. The Labute approximate surface area is 203 Å². The number of piperazine rings is 1. The molecule has 3 aromatic rings. The summed E-state index contributed by atoms with van der Waals surface area (Å²) in [6.07, 6.45) is -3.60. The lowest BCUT2D eigenvalue weighted by atomic mass is 10.0. The van der Waals surface area contributed by atoms with E-state index in [1.54, 1.807) is 41.3 Å². The van der Waals surface area contributed by atoms with Crippen LogP contribution in [0.15, 0.2) is 53.1 Å². The molecule has 2 atom stereocenters. The number of hydrogen-bond donors (Lipinski definition) is 1. The van der Waals surface area contributed by atoms with Crippen LogP contribution in [0.2, 0.25) is 5.02 Å². The summed E-state index contributed by atoms with van der Waals surface area (Å²) in [5, 5.41) is 6.75. The number of anilines is 1. The predicted octanol–water partition coefficient (Wildman–Crippen LogP) is 4.39. The summed E-state index contributed by atoms with van der Waals surface area (Å²) < 4.78 is 47.7. The number of rotatable bonds is 3. The third kappa shape index (κ3) is 4.36. The molecule has 0 spiro atoms. The van der Waals surface area contributed by atoms with Crippen LogP contribution in [0.4, 0.5) is 19.0 Å². The first-order chi connectivity index (χ1) is 16.7. The third-order valence-corrected chi connectivity index (χ3v) is 6.62. The van der Waals surface area contributed by atoms with Gasteiger partial charge in [-0.2, -0.15) is 18.3 Å². The lowest BCUT2D eigenvalue weighted by molar-refractivity contribution is -0.174. The number of furan rings is 1. The zero-order valence-electron chi connectivity index (χ0n) is 18.3. The normalized spacial score (nSPS) is 20.3. The maximum absolute atomic E-state index is 13.9. The van der Waals surface area contributed by atoms with Gasteiger partial charge in [0.2, 0.25) is 0 Å². The molecule has 1 aromatic carbocycles. The van der Waals surface area contributed by atoms with Crippen LogP contribution in [-0.4, -0.2) is 63.7 Å². The van der Waals surface area contributed by atoms with Gasteiger partial charge in [0.25, 0.3) is 11.8 Å². The largest absolute Gasteiger partial charge is 0.467 e. The number of benzene rings is 1. The van der Waals surface area contributed by atoms with Crippen molar-refractivity contribution in [3.8, 4) is 0 Å². The molecular formula is C23H21ClF3N5O3. The molecule has 1 saturated heterocycles. The van der Waals surface area contributed by atoms with E-state index in [1.807, 2.05) is 6.07 Å².